The molecule has 0 aliphatic rings. The second-order valence-electron chi connectivity index (χ2n) is 6.84. The zero-order valence-electron chi connectivity index (χ0n) is 15.2. The maximum absolute atomic E-state index is 12.0. The van der Waals surface area contributed by atoms with Gasteiger partial charge >= 0.3 is 6.09 Å². The van der Waals surface area contributed by atoms with Crippen molar-refractivity contribution in [3.63, 3.8) is 0 Å². The summed E-state index contributed by atoms with van der Waals surface area (Å²) in [6.45, 7) is 5.81. The molecule has 26 heavy (non-hydrogen) atoms. The van der Waals surface area contributed by atoms with E-state index in [-0.39, 0.29) is 0 Å². The predicted octanol–water partition coefficient (Wildman–Crippen LogP) is 3.04. The summed E-state index contributed by atoms with van der Waals surface area (Å²) in [5, 5.41) is 7.83. The maximum atomic E-state index is 12.0. The van der Waals surface area contributed by atoms with E-state index in [4.69, 9.17) is 9.47 Å². The van der Waals surface area contributed by atoms with Gasteiger partial charge in [0.25, 0.3) is 0 Å². The Balaban J connectivity index is 1.64. The lowest BCUT2D eigenvalue weighted by molar-refractivity contribution is 0.0536. The van der Waals surface area contributed by atoms with Gasteiger partial charge in [0, 0.05) is 18.8 Å². The lowest BCUT2D eigenvalue weighted by Crippen LogP contribution is -2.26. The van der Waals surface area contributed by atoms with Crippen LogP contribution in [0, 0.1) is 0 Å². The largest absolute Gasteiger partial charge is 0.487 e. The van der Waals surface area contributed by atoms with Gasteiger partial charge in [-0.1, -0.05) is 5.21 Å². The van der Waals surface area contributed by atoms with E-state index in [1.165, 1.54) is 10.9 Å². The number of carbonyl (C=O) groups excluding carboxylic acids is 1. The van der Waals surface area contributed by atoms with Crippen molar-refractivity contribution in [1.82, 2.24) is 24.5 Å². The average molecular weight is 355 g/mol. The fourth-order valence-electron chi connectivity index (χ4n) is 2.23. The van der Waals surface area contributed by atoms with Crippen LogP contribution < -0.4 is 4.74 Å². The molecule has 136 valence electrons. The zero-order valence-corrected chi connectivity index (χ0v) is 15.2. The third-order valence-corrected chi connectivity index (χ3v) is 3.37. The first-order valence-electron chi connectivity index (χ1n) is 8.16. The minimum Gasteiger partial charge on any atom is -0.487 e. The maximum Gasteiger partial charge on any atom is 0.419 e. The molecule has 0 saturated heterocycles. The molecule has 0 aliphatic heterocycles. The number of hydrogen-bond donors (Lipinski definition) is 0. The normalized spacial score (nSPS) is 11.4. The second kappa shape index (κ2) is 6.99. The predicted molar refractivity (Wildman–Crippen MR) is 94.6 cm³/mol. The van der Waals surface area contributed by atoms with Gasteiger partial charge in [-0.25, -0.2) is 14.3 Å². The lowest BCUT2D eigenvalue weighted by atomic mass is 10.1. The quantitative estimate of drug-likeness (QED) is 0.715. The van der Waals surface area contributed by atoms with Crippen molar-refractivity contribution in [3.05, 3.63) is 48.7 Å². The molecule has 8 heteroatoms. The molecule has 0 spiro atoms. The van der Waals surface area contributed by atoms with Crippen molar-refractivity contribution in [2.45, 2.75) is 33.0 Å². The van der Waals surface area contributed by atoms with Gasteiger partial charge in [-0.2, -0.15) is 0 Å². The van der Waals surface area contributed by atoms with Gasteiger partial charge in [0.1, 0.15) is 30.0 Å². The summed E-state index contributed by atoms with van der Waals surface area (Å²) in [6, 6.07) is 7.46. The van der Waals surface area contributed by atoms with Crippen molar-refractivity contribution in [2.75, 3.05) is 0 Å². The fourth-order valence-corrected chi connectivity index (χ4v) is 2.23. The number of hydrogen-bond acceptors (Lipinski definition) is 6. The van der Waals surface area contributed by atoms with Crippen LogP contribution in [-0.4, -0.2) is 36.2 Å². The molecule has 0 saturated carbocycles. The van der Waals surface area contributed by atoms with Crippen LogP contribution in [0.25, 0.3) is 11.3 Å². The molecule has 3 aromatic rings. The molecular formula is C18H21N5O3. The van der Waals surface area contributed by atoms with E-state index in [2.05, 4.69) is 15.3 Å². The molecule has 0 amide bonds. The zero-order chi connectivity index (χ0) is 18.7. The number of nitrogens with zero attached hydrogens (tertiary/aromatic N) is 5. The van der Waals surface area contributed by atoms with Crippen molar-refractivity contribution in [3.8, 4) is 17.0 Å². The van der Waals surface area contributed by atoms with E-state index in [9.17, 15) is 4.79 Å². The molecule has 0 N–H and O–H groups in total. The molecule has 0 fully saturated rings. The van der Waals surface area contributed by atoms with Crippen LogP contribution in [0.4, 0.5) is 4.79 Å². The van der Waals surface area contributed by atoms with Gasteiger partial charge in [-0.3, -0.25) is 4.68 Å². The molecule has 1 aromatic carbocycles. The van der Waals surface area contributed by atoms with Gasteiger partial charge in [0.2, 0.25) is 0 Å². The van der Waals surface area contributed by atoms with Crippen LogP contribution in [-0.2, 0) is 18.4 Å². The molecule has 8 nitrogen and oxygen atoms in total. The number of imidazole rings is 1. The first kappa shape index (κ1) is 17.7. The number of aryl methyl sites for hydroxylation is 1. The summed E-state index contributed by atoms with van der Waals surface area (Å²) in [4.78, 5) is 16.3. The van der Waals surface area contributed by atoms with Crippen LogP contribution in [0.3, 0.4) is 0 Å². The second-order valence-corrected chi connectivity index (χ2v) is 6.84. The van der Waals surface area contributed by atoms with Crippen LogP contribution in [0.5, 0.6) is 5.75 Å². The Labute approximate surface area is 151 Å². The number of benzene rings is 1. The van der Waals surface area contributed by atoms with Crippen LogP contribution >= 0.6 is 0 Å². The van der Waals surface area contributed by atoms with Gasteiger partial charge in [0.15, 0.2) is 0 Å². The minimum absolute atomic E-state index is 0.348. The highest BCUT2D eigenvalue weighted by Gasteiger charge is 2.18. The highest BCUT2D eigenvalue weighted by Crippen LogP contribution is 2.22. The Morgan fingerprint density at radius 3 is 2.50 bits per heavy atom. The van der Waals surface area contributed by atoms with Crippen molar-refractivity contribution < 1.29 is 14.3 Å². The number of ether oxygens (including phenoxy) is 2. The topological polar surface area (TPSA) is 84.1 Å². The number of aromatic nitrogens is 5. The van der Waals surface area contributed by atoms with E-state index in [0.29, 0.717) is 18.1 Å². The van der Waals surface area contributed by atoms with Crippen molar-refractivity contribution in [2.24, 2.45) is 7.05 Å². The first-order chi connectivity index (χ1) is 12.3. The Morgan fingerprint density at radius 1 is 1.15 bits per heavy atom. The van der Waals surface area contributed by atoms with E-state index in [1.54, 1.807) is 17.1 Å². The third kappa shape index (κ3) is 4.47. The molecule has 3 rings (SSSR count). The van der Waals surface area contributed by atoms with E-state index >= 15 is 0 Å². The number of carbonyl (C=O) groups is 1. The fraction of sp³-hybridized carbons (Fsp3) is 0.333. The molecule has 0 bridgehead atoms. The monoisotopic (exact) mass is 355 g/mol. The Hall–Kier alpha value is -3.16. The van der Waals surface area contributed by atoms with E-state index in [1.807, 2.05) is 52.1 Å². The molecule has 0 radical (unpaired) electrons. The van der Waals surface area contributed by atoms with Crippen molar-refractivity contribution >= 4 is 6.09 Å². The summed E-state index contributed by atoms with van der Waals surface area (Å²) in [7, 11) is 1.81. The van der Waals surface area contributed by atoms with Gasteiger partial charge in [0.05, 0.1) is 11.9 Å². The third-order valence-electron chi connectivity index (χ3n) is 3.37. The molecule has 2 aromatic heterocycles. The molecule has 0 aliphatic carbocycles. The summed E-state index contributed by atoms with van der Waals surface area (Å²) < 4.78 is 14.0. The van der Waals surface area contributed by atoms with Gasteiger partial charge in [-0.05, 0) is 45.0 Å². The minimum atomic E-state index is -0.552. The average Bonchev–Trinajstić information content (AvgIpc) is 3.21. The van der Waals surface area contributed by atoms with Crippen LogP contribution in [0.2, 0.25) is 0 Å². The van der Waals surface area contributed by atoms with Crippen LogP contribution in [0.1, 0.15) is 26.5 Å². The summed E-state index contributed by atoms with van der Waals surface area (Å²) in [5.74, 6) is 0.714. The Morgan fingerprint density at radius 2 is 1.88 bits per heavy atom. The molecule has 2 heterocycles. The van der Waals surface area contributed by atoms with Gasteiger partial charge in [-0.15, -0.1) is 5.10 Å². The lowest BCUT2D eigenvalue weighted by Gasteiger charge is -2.19. The van der Waals surface area contributed by atoms with E-state index in [0.717, 1.165) is 11.3 Å². The van der Waals surface area contributed by atoms with E-state index < -0.39 is 11.7 Å². The Bertz CT molecular complexity index is 890. The highest BCUT2D eigenvalue weighted by molar-refractivity contribution is 5.72. The van der Waals surface area contributed by atoms with Gasteiger partial charge < -0.3 is 9.47 Å². The molecule has 0 atom stereocenters. The Kier molecular flexibility index (Phi) is 4.75. The number of rotatable bonds is 4. The SMILES string of the molecule is Cn1cc(COc2ccc(-c3cn(C(=O)OC(C)(C)C)cn3)cc2)nn1. The summed E-state index contributed by atoms with van der Waals surface area (Å²) >= 11 is 0. The van der Waals surface area contributed by atoms with Crippen molar-refractivity contribution in [1.29, 1.82) is 0 Å². The highest BCUT2D eigenvalue weighted by atomic mass is 16.6. The van der Waals surface area contributed by atoms with Crippen LogP contribution in [0.15, 0.2) is 43.0 Å². The smallest absolute Gasteiger partial charge is 0.419 e. The molecule has 0 unspecified atom stereocenters. The summed E-state index contributed by atoms with van der Waals surface area (Å²) in [5.41, 5.74) is 1.76. The standard InChI is InChI=1S/C18H21N5O3/c1-18(2,3)26-17(24)23-10-16(19-12-23)13-5-7-15(8-6-13)25-11-14-9-22(4)21-20-14/h5-10,12H,11H2,1-4H3. The summed E-state index contributed by atoms with van der Waals surface area (Å²) in [6.07, 6.45) is 4.43. The molecular weight excluding hydrogens is 334 g/mol. The first-order valence-corrected chi connectivity index (χ1v) is 8.16.